The molecule has 1 aromatic carbocycles. The molecular weight excluding hydrogens is 266 g/mol. The number of hydrogen-bond donors (Lipinski definition) is 4. The molecule has 0 fully saturated rings. The molecule has 0 aromatic heterocycles. The number of aromatic carboxylic acids is 1. The van der Waals surface area contributed by atoms with Crippen LogP contribution < -0.4 is 5.32 Å². The average Bonchev–Trinajstić information content (AvgIpc) is 2.24. The fourth-order valence-electron chi connectivity index (χ4n) is 1.19. The van der Waals surface area contributed by atoms with Gasteiger partial charge in [0.15, 0.2) is 0 Å². The van der Waals surface area contributed by atoms with Crippen molar-refractivity contribution < 1.29 is 32.8 Å². The highest BCUT2D eigenvalue weighted by molar-refractivity contribution is 7.85. The monoisotopic (exact) mass is 275 g/mol. The molecule has 0 heterocycles. The summed E-state index contributed by atoms with van der Waals surface area (Å²) < 4.78 is 30.5. The Kier molecular flexibility index (Phi) is 3.89. The lowest BCUT2D eigenvalue weighted by Crippen LogP contribution is -2.15. The van der Waals surface area contributed by atoms with Gasteiger partial charge in [0.25, 0.3) is 10.1 Å². The zero-order chi connectivity index (χ0) is 13.9. The minimum Gasteiger partial charge on any atom is -0.480 e. The van der Waals surface area contributed by atoms with Crippen LogP contribution in [0, 0.1) is 0 Å². The number of benzene rings is 1. The number of aliphatic carboxylic acids is 1. The van der Waals surface area contributed by atoms with Crippen LogP contribution in [0.4, 0.5) is 5.69 Å². The number of hydrogen-bond acceptors (Lipinski definition) is 5. The zero-order valence-corrected chi connectivity index (χ0v) is 9.64. The molecular formula is C9H9NO7S. The second kappa shape index (κ2) is 5.02. The van der Waals surface area contributed by atoms with Gasteiger partial charge in [-0.15, -0.1) is 0 Å². The fraction of sp³-hybridized carbons (Fsp3) is 0.111. The van der Waals surface area contributed by atoms with Crippen molar-refractivity contribution in [2.45, 2.75) is 4.90 Å². The third kappa shape index (κ3) is 3.43. The van der Waals surface area contributed by atoms with Crippen LogP contribution >= 0.6 is 0 Å². The fourth-order valence-corrected chi connectivity index (χ4v) is 1.69. The van der Waals surface area contributed by atoms with Crippen LogP contribution in [0.3, 0.4) is 0 Å². The number of carboxylic acid groups (broad SMARTS) is 2. The van der Waals surface area contributed by atoms with Gasteiger partial charge >= 0.3 is 11.9 Å². The molecule has 0 atom stereocenters. The van der Waals surface area contributed by atoms with Gasteiger partial charge in [0.05, 0.1) is 16.1 Å². The predicted molar refractivity (Wildman–Crippen MR) is 59.3 cm³/mol. The van der Waals surface area contributed by atoms with E-state index in [0.717, 1.165) is 18.2 Å². The van der Waals surface area contributed by atoms with E-state index in [4.69, 9.17) is 14.8 Å². The zero-order valence-electron chi connectivity index (χ0n) is 8.82. The number of carbonyl (C=O) groups is 2. The summed E-state index contributed by atoms with van der Waals surface area (Å²) in [5.41, 5.74) is -0.510. The molecule has 0 spiro atoms. The van der Waals surface area contributed by atoms with Crippen molar-refractivity contribution in [3.05, 3.63) is 23.8 Å². The van der Waals surface area contributed by atoms with Crippen molar-refractivity contribution in [2.75, 3.05) is 11.9 Å². The van der Waals surface area contributed by atoms with Gasteiger partial charge in [-0.25, -0.2) is 4.79 Å². The van der Waals surface area contributed by atoms with Crippen LogP contribution in [-0.4, -0.2) is 41.7 Å². The Morgan fingerprint density at radius 1 is 1.22 bits per heavy atom. The Hall–Kier alpha value is -2.13. The number of anilines is 1. The molecule has 1 aromatic rings. The van der Waals surface area contributed by atoms with E-state index in [1.54, 1.807) is 0 Å². The summed E-state index contributed by atoms with van der Waals surface area (Å²) >= 11 is 0. The molecule has 98 valence electrons. The molecule has 0 amide bonds. The maximum Gasteiger partial charge on any atom is 0.337 e. The quantitative estimate of drug-likeness (QED) is 0.555. The first kappa shape index (κ1) is 13.9. The highest BCUT2D eigenvalue weighted by Gasteiger charge is 2.16. The van der Waals surface area contributed by atoms with Gasteiger partial charge in [-0.3, -0.25) is 9.35 Å². The Morgan fingerprint density at radius 3 is 2.28 bits per heavy atom. The number of rotatable bonds is 5. The molecule has 0 bridgehead atoms. The molecule has 0 aliphatic rings. The summed E-state index contributed by atoms with van der Waals surface area (Å²) in [5, 5.41) is 19.5. The maximum absolute atomic E-state index is 10.9. The molecule has 0 aliphatic heterocycles. The molecule has 0 unspecified atom stereocenters. The van der Waals surface area contributed by atoms with Gasteiger partial charge in [-0.1, -0.05) is 0 Å². The normalized spacial score (nSPS) is 10.9. The second-order valence-electron chi connectivity index (χ2n) is 3.23. The van der Waals surface area contributed by atoms with Gasteiger partial charge in [-0.05, 0) is 18.2 Å². The molecule has 1 rings (SSSR count). The van der Waals surface area contributed by atoms with Gasteiger partial charge < -0.3 is 15.5 Å². The minimum absolute atomic E-state index is 0.208. The number of nitrogens with one attached hydrogen (secondary N) is 1. The van der Waals surface area contributed by atoms with E-state index in [-0.39, 0.29) is 11.3 Å². The third-order valence-corrected chi connectivity index (χ3v) is 2.80. The van der Waals surface area contributed by atoms with E-state index in [1.807, 2.05) is 0 Å². The Bertz CT molecular complexity index is 593. The van der Waals surface area contributed by atoms with Crippen LogP contribution in [0.25, 0.3) is 0 Å². The molecule has 9 heteroatoms. The lowest BCUT2D eigenvalue weighted by molar-refractivity contribution is -0.134. The van der Waals surface area contributed by atoms with Crippen LogP contribution in [0.1, 0.15) is 10.4 Å². The topological polar surface area (TPSA) is 141 Å². The van der Waals surface area contributed by atoms with Gasteiger partial charge in [0, 0.05) is 0 Å². The van der Waals surface area contributed by atoms with Crippen molar-refractivity contribution in [2.24, 2.45) is 0 Å². The van der Waals surface area contributed by atoms with Gasteiger partial charge in [0.2, 0.25) is 0 Å². The summed E-state index contributed by atoms with van der Waals surface area (Å²) in [6.45, 7) is -0.588. The van der Waals surface area contributed by atoms with Crippen LogP contribution in [0.2, 0.25) is 0 Å². The van der Waals surface area contributed by atoms with E-state index in [1.165, 1.54) is 0 Å². The first-order chi connectivity index (χ1) is 8.21. The minimum atomic E-state index is -4.49. The molecule has 0 saturated carbocycles. The second-order valence-corrected chi connectivity index (χ2v) is 4.66. The third-order valence-electron chi connectivity index (χ3n) is 1.95. The SMILES string of the molecule is O=C(O)CNc1cc(S(=O)(=O)O)ccc1C(=O)O. The van der Waals surface area contributed by atoms with Crippen molar-refractivity contribution in [3.63, 3.8) is 0 Å². The highest BCUT2D eigenvalue weighted by Crippen LogP contribution is 2.20. The molecule has 4 N–H and O–H groups in total. The van der Waals surface area contributed by atoms with Crippen LogP contribution in [0.5, 0.6) is 0 Å². The van der Waals surface area contributed by atoms with E-state index in [9.17, 15) is 18.0 Å². The Balaban J connectivity index is 3.24. The largest absolute Gasteiger partial charge is 0.480 e. The van der Waals surface area contributed by atoms with Gasteiger partial charge in [0.1, 0.15) is 6.54 Å². The van der Waals surface area contributed by atoms with Gasteiger partial charge in [-0.2, -0.15) is 8.42 Å². The summed E-state index contributed by atoms with van der Waals surface area (Å²) in [4.78, 5) is 20.7. The lowest BCUT2D eigenvalue weighted by Gasteiger charge is -2.08. The Labute approximate surface area is 102 Å². The van der Waals surface area contributed by atoms with E-state index in [0.29, 0.717) is 0 Å². The highest BCUT2D eigenvalue weighted by atomic mass is 32.2. The average molecular weight is 275 g/mol. The first-order valence-electron chi connectivity index (χ1n) is 4.52. The first-order valence-corrected chi connectivity index (χ1v) is 5.96. The summed E-state index contributed by atoms with van der Waals surface area (Å²) in [7, 11) is -4.49. The molecule has 0 radical (unpaired) electrons. The van der Waals surface area contributed by atoms with E-state index >= 15 is 0 Å². The standard InChI is InChI=1S/C9H9NO7S/c11-8(12)4-10-7-3-5(18(15,16)17)1-2-6(7)9(13)14/h1-3,10H,4H2,(H,11,12)(H,13,14)(H,15,16,17). The van der Waals surface area contributed by atoms with Crippen LogP contribution in [-0.2, 0) is 14.9 Å². The molecule has 18 heavy (non-hydrogen) atoms. The predicted octanol–water partition coefficient (Wildman–Crippen LogP) is 0.128. The van der Waals surface area contributed by atoms with Crippen molar-refractivity contribution >= 4 is 27.7 Å². The van der Waals surface area contributed by atoms with E-state index in [2.05, 4.69) is 5.32 Å². The molecule has 0 saturated heterocycles. The number of carboxylic acids is 2. The Morgan fingerprint density at radius 2 is 1.83 bits per heavy atom. The lowest BCUT2D eigenvalue weighted by atomic mass is 10.2. The van der Waals surface area contributed by atoms with Crippen molar-refractivity contribution in [1.82, 2.24) is 0 Å². The smallest absolute Gasteiger partial charge is 0.337 e. The summed E-state index contributed by atoms with van der Waals surface area (Å²) in [6.07, 6.45) is 0. The maximum atomic E-state index is 10.9. The van der Waals surface area contributed by atoms with E-state index < -0.39 is 33.5 Å². The molecule has 8 nitrogen and oxygen atoms in total. The van der Waals surface area contributed by atoms with Crippen molar-refractivity contribution in [1.29, 1.82) is 0 Å². The van der Waals surface area contributed by atoms with Crippen LogP contribution in [0.15, 0.2) is 23.1 Å². The van der Waals surface area contributed by atoms with Crippen molar-refractivity contribution in [3.8, 4) is 0 Å². The summed E-state index contributed by atoms with van der Waals surface area (Å²) in [5.74, 6) is -2.60. The summed E-state index contributed by atoms with van der Waals surface area (Å²) in [6, 6.07) is 2.71. The molecule has 0 aliphatic carbocycles.